The van der Waals surface area contributed by atoms with Crippen molar-refractivity contribution in [2.24, 2.45) is 0 Å². The minimum atomic E-state index is -3.59. The van der Waals surface area contributed by atoms with E-state index in [4.69, 9.17) is 0 Å². The molecular formula is C16H22N2O3S. The standard InChI is InChI=1S/C16H22N2O3S/c1-13-6-8-14(9-7-13)22(20,21)18-12-4-5-15(18)16(19)17-10-2-3-11-17/h6-9,15H,2-5,10-12H2,1H3. The second-order valence-corrected chi connectivity index (χ2v) is 8.01. The smallest absolute Gasteiger partial charge is 0.243 e. The van der Waals surface area contributed by atoms with Crippen LogP contribution in [0.5, 0.6) is 0 Å². The summed E-state index contributed by atoms with van der Waals surface area (Å²) in [5.41, 5.74) is 1.02. The minimum Gasteiger partial charge on any atom is -0.341 e. The Morgan fingerprint density at radius 1 is 1.05 bits per heavy atom. The molecule has 0 aliphatic carbocycles. The SMILES string of the molecule is Cc1ccc(S(=O)(=O)N2CCCC2C(=O)N2CCCC2)cc1. The molecule has 2 aliphatic rings. The molecule has 3 rings (SSSR count). The first-order chi connectivity index (χ1) is 10.5. The average Bonchev–Trinajstić information content (AvgIpc) is 3.19. The van der Waals surface area contributed by atoms with Crippen molar-refractivity contribution in [2.75, 3.05) is 19.6 Å². The summed E-state index contributed by atoms with van der Waals surface area (Å²) in [4.78, 5) is 14.7. The van der Waals surface area contributed by atoms with Gasteiger partial charge < -0.3 is 4.90 Å². The van der Waals surface area contributed by atoms with Gasteiger partial charge in [0, 0.05) is 19.6 Å². The number of amides is 1. The lowest BCUT2D eigenvalue weighted by atomic mass is 10.2. The van der Waals surface area contributed by atoms with Crippen molar-refractivity contribution < 1.29 is 13.2 Å². The summed E-state index contributed by atoms with van der Waals surface area (Å²) in [5, 5.41) is 0. The Hall–Kier alpha value is -1.40. The molecule has 1 aromatic rings. The van der Waals surface area contributed by atoms with E-state index >= 15 is 0 Å². The lowest BCUT2D eigenvalue weighted by Gasteiger charge is -2.27. The molecule has 2 fully saturated rings. The second-order valence-electron chi connectivity index (χ2n) is 6.12. The van der Waals surface area contributed by atoms with Crippen molar-refractivity contribution in [2.45, 2.75) is 43.5 Å². The van der Waals surface area contributed by atoms with Crippen LogP contribution in [0, 0.1) is 6.92 Å². The first-order valence-electron chi connectivity index (χ1n) is 7.87. The van der Waals surface area contributed by atoms with Gasteiger partial charge in [0.05, 0.1) is 4.90 Å². The van der Waals surface area contributed by atoms with Crippen molar-refractivity contribution in [1.82, 2.24) is 9.21 Å². The van der Waals surface area contributed by atoms with Gasteiger partial charge in [-0.25, -0.2) is 8.42 Å². The van der Waals surface area contributed by atoms with E-state index in [1.807, 2.05) is 11.8 Å². The zero-order valence-electron chi connectivity index (χ0n) is 12.9. The molecule has 5 nitrogen and oxygen atoms in total. The van der Waals surface area contributed by atoms with Gasteiger partial charge in [0.2, 0.25) is 15.9 Å². The van der Waals surface area contributed by atoms with Crippen LogP contribution in [0.25, 0.3) is 0 Å². The van der Waals surface area contributed by atoms with Crippen molar-refractivity contribution in [1.29, 1.82) is 0 Å². The molecule has 2 heterocycles. The van der Waals surface area contributed by atoms with E-state index in [1.54, 1.807) is 24.3 Å². The molecule has 120 valence electrons. The molecule has 0 aromatic heterocycles. The van der Waals surface area contributed by atoms with E-state index in [0.29, 0.717) is 13.0 Å². The van der Waals surface area contributed by atoms with Crippen LogP contribution < -0.4 is 0 Å². The molecule has 0 saturated carbocycles. The van der Waals surface area contributed by atoms with Crippen LogP contribution in [0.1, 0.15) is 31.2 Å². The topological polar surface area (TPSA) is 57.7 Å². The van der Waals surface area contributed by atoms with Crippen molar-refractivity contribution in [3.05, 3.63) is 29.8 Å². The first kappa shape index (κ1) is 15.5. The van der Waals surface area contributed by atoms with Gasteiger partial charge in [0.15, 0.2) is 0 Å². The number of hydrogen-bond acceptors (Lipinski definition) is 3. The third-order valence-corrected chi connectivity index (χ3v) is 6.46. The number of hydrogen-bond donors (Lipinski definition) is 0. The molecule has 0 N–H and O–H groups in total. The molecule has 1 atom stereocenters. The summed E-state index contributed by atoms with van der Waals surface area (Å²) in [6.07, 6.45) is 3.40. The Bertz CT molecular complexity index is 648. The fourth-order valence-corrected chi connectivity index (χ4v) is 4.92. The first-order valence-corrected chi connectivity index (χ1v) is 9.31. The number of benzene rings is 1. The number of carbonyl (C=O) groups is 1. The Labute approximate surface area is 132 Å². The van der Waals surface area contributed by atoms with Crippen LogP contribution in [0.3, 0.4) is 0 Å². The molecule has 0 bridgehead atoms. The van der Waals surface area contributed by atoms with Crippen molar-refractivity contribution in [3.8, 4) is 0 Å². The average molecular weight is 322 g/mol. The molecule has 2 aliphatic heterocycles. The summed E-state index contributed by atoms with van der Waals surface area (Å²) in [6.45, 7) is 3.87. The van der Waals surface area contributed by atoms with E-state index in [-0.39, 0.29) is 10.8 Å². The number of carbonyl (C=O) groups excluding carboxylic acids is 1. The Morgan fingerprint density at radius 3 is 2.32 bits per heavy atom. The molecular weight excluding hydrogens is 300 g/mol. The molecule has 6 heteroatoms. The zero-order valence-corrected chi connectivity index (χ0v) is 13.7. The quantitative estimate of drug-likeness (QED) is 0.852. The van der Waals surface area contributed by atoms with Crippen LogP contribution in [-0.4, -0.2) is 49.2 Å². The van der Waals surface area contributed by atoms with Crippen LogP contribution in [0.15, 0.2) is 29.2 Å². The van der Waals surface area contributed by atoms with Gasteiger partial charge in [-0.15, -0.1) is 0 Å². The number of nitrogens with zero attached hydrogens (tertiary/aromatic N) is 2. The van der Waals surface area contributed by atoms with Crippen LogP contribution in [0.4, 0.5) is 0 Å². The molecule has 2 saturated heterocycles. The Kier molecular flexibility index (Phi) is 4.23. The highest BCUT2D eigenvalue weighted by molar-refractivity contribution is 7.89. The van der Waals surface area contributed by atoms with Crippen LogP contribution in [-0.2, 0) is 14.8 Å². The van der Waals surface area contributed by atoms with E-state index in [0.717, 1.165) is 37.9 Å². The molecule has 1 aromatic carbocycles. The predicted molar refractivity (Wildman–Crippen MR) is 83.9 cm³/mol. The minimum absolute atomic E-state index is 0.0225. The molecule has 22 heavy (non-hydrogen) atoms. The van der Waals surface area contributed by atoms with Gasteiger partial charge in [-0.3, -0.25) is 4.79 Å². The van der Waals surface area contributed by atoms with Gasteiger partial charge in [0.1, 0.15) is 6.04 Å². The van der Waals surface area contributed by atoms with Crippen LogP contribution >= 0.6 is 0 Å². The van der Waals surface area contributed by atoms with E-state index in [2.05, 4.69) is 0 Å². The van der Waals surface area contributed by atoms with Crippen molar-refractivity contribution in [3.63, 3.8) is 0 Å². The molecule has 1 unspecified atom stereocenters. The second kappa shape index (κ2) is 6.01. The number of rotatable bonds is 3. The lowest BCUT2D eigenvalue weighted by Crippen LogP contribution is -2.46. The lowest BCUT2D eigenvalue weighted by molar-refractivity contribution is -0.133. The normalized spacial score (nSPS) is 23.1. The van der Waals surface area contributed by atoms with E-state index < -0.39 is 16.1 Å². The largest absolute Gasteiger partial charge is 0.341 e. The third kappa shape index (κ3) is 2.77. The third-order valence-electron chi connectivity index (χ3n) is 4.53. The Morgan fingerprint density at radius 2 is 1.68 bits per heavy atom. The summed E-state index contributed by atoms with van der Waals surface area (Å²) in [7, 11) is -3.59. The summed E-state index contributed by atoms with van der Waals surface area (Å²) < 4.78 is 27.1. The fraction of sp³-hybridized carbons (Fsp3) is 0.562. The summed E-state index contributed by atoms with van der Waals surface area (Å²) >= 11 is 0. The number of likely N-dealkylation sites (tertiary alicyclic amines) is 1. The van der Waals surface area contributed by atoms with Gasteiger partial charge in [-0.05, 0) is 44.7 Å². The monoisotopic (exact) mass is 322 g/mol. The predicted octanol–water partition coefficient (Wildman–Crippen LogP) is 1.77. The number of sulfonamides is 1. The van der Waals surface area contributed by atoms with E-state index in [9.17, 15) is 13.2 Å². The highest BCUT2D eigenvalue weighted by atomic mass is 32.2. The van der Waals surface area contributed by atoms with E-state index in [1.165, 1.54) is 4.31 Å². The van der Waals surface area contributed by atoms with Gasteiger partial charge in [-0.1, -0.05) is 17.7 Å². The summed E-state index contributed by atoms with van der Waals surface area (Å²) in [5.74, 6) is -0.0225. The van der Waals surface area contributed by atoms with Crippen molar-refractivity contribution >= 4 is 15.9 Å². The Balaban J connectivity index is 1.85. The molecule has 0 radical (unpaired) electrons. The summed E-state index contributed by atoms with van der Waals surface area (Å²) in [6, 6.07) is 6.31. The zero-order chi connectivity index (χ0) is 15.7. The van der Waals surface area contributed by atoms with Gasteiger partial charge in [0.25, 0.3) is 0 Å². The maximum absolute atomic E-state index is 12.8. The highest BCUT2D eigenvalue weighted by Gasteiger charge is 2.41. The molecule has 1 amide bonds. The van der Waals surface area contributed by atoms with Gasteiger partial charge in [-0.2, -0.15) is 4.31 Å². The maximum Gasteiger partial charge on any atom is 0.243 e. The number of aryl methyl sites for hydroxylation is 1. The molecule has 0 spiro atoms. The van der Waals surface area contributed by atoms with Gasteiger partial charge >= 0.3 is 0 Å². The maximum atomic E-state index is 12.8. The van der Waals surface area contributed by atoms with Crippen LogP contribution in [0.2, 0.25) is 0 Å². The highest BCUT2D eigenvalue weighted by Crippen LogP contribution is 2.28. The fourth-order valence-electron chi connectivity index (χ4n) is 3.27.